The lowest BCUT2D eigenvalue weighted by Crippen LogP contribution is -2.28. The van der Waals surface area contributed by atoms with Crippen LogP contribution in [0.4, 0.5) is 5.69 Å². The number of halogens is 1. The number of benzene rings is 2. The second kappa shape index (κ2) is 5.93. The van der Waals surface area contributed by atoms with Gasteiger partial charge in [0.25, 0.3) is 0 Å². The van der Waals surface area contributed by atoms with Crippen LogP contribution in [-0.4, -0.2) is 18.5 Å². The molecule has 0 aromatic heterocycles. The molecule has 0 saturated carbocycles. The highest BCUT2D eigenvalue weighted by Gasteiger charge is 2.27. The molecule has 1 heterocycles. The molecule has 0 bridgehead atoms. The van der Waals surface area contributed by atoms with E-state index in [2.05, 4.69) is 17.0 Å². The Balaban J connectivity index is 2.44. The quantitative estimate of drug-likeness (QED) is 0.817. The fraction of sp³-hybridized carbons (Fsp3) is 0.222. The van der Waals surface area contributed by atoms with Crippen molar-refractivity contribution >= 4 is 17.3 Å². The van der Waals surface area contributed by atoms with E-state index >= 15 is 0 Å². The van der Waals surface area contributed by atoms with Crippen LogP contribution in [-0.2, 0) is 13.0 Å². The Kier molecular flexibility index (Phi) is 3.96. The van der Waals surface area contributed by atoms with E-state index in [-0.39, 0.29) is 5.69 Å². The van der Waals surface area contributed by atoms with Gasteiger partial charge >= 0.3 is 0 Å². The molecule has 3 rings (SSSR count). The van der Waals surface area contributed by atoms with E-state index in [4.69, 9.17) is 17.3 Å². The van der Waals surface area contributed by atoms with Crippen LogP contribution in [0.15, 0.2) is 24.3 Å². The molecule has 1 aliphatic heterocycles. The molecular formula is C18H15ClN4. The predicted molar refractivity (Wildman–Crippen MR) is 90.8 cm³/mol. The third-order valence-corrected chi connectivity index (χ3v) is 4.62. The minimum atomic E-state index is 0.258. The van der Waals surface area contributed by atoms with Gasteiger partial charge in [0.1, 0.15) is 12.1 Å². The molecule has 0 spiro atoms. The molecule has 4 nitrogen and oxygen atoms in total. The molecule has 114 valence electrons. The second-order valence-corrected chi connectivity index (χ2v) is 6.09. The van der Waals surface area contributed by atoms with Gasteiger partial charge in [-0.25, -0.2) is 0 Å². The lowest BCUT2D eigenvalue weighted by molar-refractivity contribution is 0.313. The summed E-state index contributed by atoms with van der Waals surface area (Å²) in [5.41, 5.74) is 10.6. The Morgan fingerprint density at radius 3 is 2.48 bits per heavy atom. The van der Waals surface area contributed by atoms with Crippen LogP contribution in [0.1, 0.15) is 22.3 Å². The molecule has 0 radical (unpaired) electrons. The fourth-order valence-corrected chi connectivity index (χ4v) is 3.41. The average Bonchev–Trinajstić information content (AvgIpc) is 2.55. The van der Waals surface area contributed by atoms with E-state index in [1.165, 1.54) is 0 Å². The third-order valence-electron chi connectivity index (χ3n) is 4.29. The molecular weight excluding hydrogens is 308 g/mol. The number of nitrogens with zero attached hydrogens (tertiary/aromatic N) is 3. The molecule has 2 aromatic carbocycles. The maximum Gasteiger partial charge on any atom is 0.102 e. The lowest BCUT2D eigenvalue weighted by atomic mass is 9.83. The van der Waals surface area contributed by atoms with Gasteiger partial charge in [-0.05, 0) is 30.7 Å². The molecule has 1 aliphatic rings. The zero-order valence-electron chi connectivity index (χ0n) is 12.7. The number of nitriles is 2. The highest BCUT2D eigenvalue weighted by molar-refractivity contribution is 6.33. The number of hydrogen-bond acceptors (Lipinski definition) is 4. The summed E-state index contributed by atoms with van der Waals surface area (Å²) in [6, 6.07) is 11.8. The summed E-state index contributed by atoms with van der Waals surface area (Å²) in [6.07, 6.45) is 0.738. The van der Waals surface area contributed by atoms with Gasteiger partial charge < -0.3 is 10.6 Å². The molecule has 0 saturated heterocycles. The summed E-state index contributed by atoms with van der Waals surface area (Å²) < 4.78 is 0. The van der Waals surface area contributed by atoms with Crippen molar-refractivity contribution in [3.05, 3.63) is 51.5 Å². The Bertz CT molecular complexity index is 874. The van der Waals surface area contributed by atoms with Gasteiger partial charge in [-0.2, -0.15) is 10.5 Å². The Labute approximate surface area is 140 Å². The standard InChI is InChI=1S/C18H15ClN4/c1-23-7-6-11-13(8-20)18(22)14(9-21)17(15(11)10-23)12-4-2-3-5-16(12)19/h2-5H,6-7,10,22H2,1H3. The van der Waals surface area contributed by atoms with Crippen LogP contribution in [0, 0.1) is 22.7 Å². The summed E-state index contributed by atoms with van der Waals surface area (Å²) >= 11 is 6.36. The number of anilines is 1. The van der Waals surface area contributed by atoms with E-state index < -0.39 is 0 Å². The van der Waals surface area contributed by atoms with E-state index in [0.717, 1.165) is 35.2 Å². The SMILES string of the molecule is CN1CCc2c(C#N)c(N)c(C#N)c(-c3ccccc3Cl)c2C1. The number of likely N-dealkylation sites (N-methyl/N-ethyl adjacent to an activating group) is 1. The Hall–Kier alpha value is -2.53. The van der Waals surface area contributed by atoms with Crippen LogP contribution in [0.3, 0.4) is 0 Å². The first-order valence-electron chi connectivity index (χ1n) is 7.29. The summed E-state index contributed by atoms with van der Waals surface area (Å²) in [6.45, 7) is 1.52. The van der Waals surface area contributed by atoms with Gasteiger partial charge in [-0.15, -0.1) is 0 Å². The van der Waals surface area contributed by atoms with Crippen LogP contribution < -0.4 is 5.73 Å². The van der Waals surface area contributed by atoms with Gasteiger partial charge in [-0.1, -0.05) is 29.8 Å². The first-order chi connectivity index (χ1) is 11.1. The monoisotopic (exact) mass is 322 g/mol. The largest absolute Gasteiger partial charge is 0.397 e. The third kappa shape index (κ3) is 2.43. The van der Waals surface area contributed by atoms with Crippen LogP contribution in [0.25, 0.3) is 11.1 Å². The Morgan fingerprint density at radius 2 is 1.83 bits per heavy atom. The van der Waals surface area contributed by atoms with Gasteiger partial charge in [-0.3, -0.25) is 0 Å². The molecule has 2 N–H and O–H groups in total. The maximum atomic E-state index is 9.64. The lowest BCUT2D eigenvalue weighted by Gasteiger charge is -2.29. The number of hydrogen-bond donors (Lipinski definition) is 1. The molecule has 0 aliphatic carbocycles. The number of fused-ring (bicyclic) bond motifs is 1. The topological polar surface area (TPSA) is 76.8 Å². The molecule has 0 unspecified atom stereocenters. The van der Waals surface area contributed by atoms with Gasteiger partial charge in [0, 0.05) is 29.2 Å². The summed E-state index contributed by atoms with van der Waals surface area (Å²) in [7, 11) is 2.02. The molecule has 0 amide bonds. The van der Waals surface area contributed by atoms with E-state index in [0.29, 0.717) is 22.7 Å². The summed E-state index contributed by atoms with van der Waals surface area (Å²) in [5, 5.41) is 19.7. The van der Waals surface area contributed by atoms with Crippen molar-refractivity contribution in [2.24, 2.45) is 0 Å². The normalized spacial score (nSPS) is 13.9. The Morgan fingerprint density at radius 1 is 1.13 bits per heavy atom. The first kappa shape index (κ1) is 15.4. The number of nitrogens with two attached hydrogens (primary N) is 1. The van der Waals surface area contributed by atoms with Gasteiger partial charge in [0.05, 0.1) is 16.8 Å². The average molecular weight is 323 g/mol. The van der Waals surface area contributed by atoms with Crippen molar-refractivity contribution in [3.63, 3.8) is 0 Å². The van der Waals surface area contributed by atoms with Crippen molar-refractivity contribution in [2.45, 2.75) is 13.0 Å². The predicted octanol–water partition coefficient (Wildman–Crippen LogP) is 3.32. The highest BCUT2D eigenvalue weighted by Crippen LogP contribution is 2.41. The summed E-state index contributed by atoms with van der Waals surface area (Å²) in [5.74, 6) is 0. The maximum absolute atomic E-state index is 9.64. The first-order valence-corrected chi connectivity index (χ1v) is 7.67. The zero-order chi connectivity index (χ0) is 16.6. The van der Waals surface area contributed by atoms with Crippen molar-refractivity contribution in [1.82, 2.24) is 4.90 Å². The number of nitrogen functional groups attached to an aromatic ring is 1. The highest BCUT2D eigenvalue weighted by atomic mass is 35.5. The van der Waals surface area contributed by atoms with Crippen LogP contribution in [0.2, 0.25) is 5.02 Å². The van der Waals surface area contributed by atoms with Crippen LogP contribution >= 0.6 is 11.6 Å². The molecule has 0 atom stereocenters. The fourth-order valence-electron chi connectivity index (χ4n) is 3.18. The molecule has 23 heavy (non-hydrogen) atoms. The summed E-state index contributed by atoms with van der Waals surface area (Å²) in [4.78, 5) is 2.17. The smallest absolute Gasteiger partial charge is 0.102 e. The molecule has 5 heteroatoms. The van der Waals surface area contributed by atoms with Gasteiger partial charge in [0.2, 0.25) is 0 Å². The van der Waals surface area contributed by atoms with E-state index in [1.807, 2.05) is 25.2 Å². The zero-order valence-corrected chi connectivity index (χ0v) is 13.5. The minimum absolute atomic E-state index is 0.258. The van der Waals surface area contributed by atoms with E-state index in [9.17, 15) is 10.5 Å². The number of rotatable bonds is 1. The van der Waals surface area contributed by atoms with Crippen molar-refractivity contribution < 1.29 is 0 Å². The minimum Gasteiger partial charge on any atom is -0.397 e. The van der Waals surface area contributed by atoms with Gasteiger partial charge in [0.15, 0.2) is 0 Å². The van der Waals surface area contributed by atoms with Crippen molar-refractivity contribution in [1.29, 1.82) is 10.5 Å². The van der Waals surface area contributed by atoms with Crippen molar-refractivity contribution in [2.75, 3.05) is 19.3 Å². The molecule has 0 fully saturated rings. The second-order valence-electron chi connectivity index (χ2n) is 5.69. The van der Waals surface area contributed by atoms with Crippen molar-refractivity contribution in [3.8, 4) is 23.3 Å². The van der Waals surface area contributed by atoms with Crippen LogP contribution in [0.5, 0.6) is 0 Å². The van der Waals surface area contributed by atoms with E-state index in [1.54, 1.807) is 6.07 Å². The molecule has 2 aromatic rings.